The van der Waals surface area contributed by atoms with Gasteiger partial charge in [-0.15, -0.1) is 0 Å². The summed E-state index contributed by atoms with van der Waals surface area (Å²) < 4.78 is 37.7. The second kappa shape index (κ2) is 5.71. The first kappa shape index (κ1) is 17.0. The van der Waals surface area contributed by atoms with Crippen molar-refractivity contribution in [2.75, 3.05) is 13.1 Å². The Hall–Kier alpha value is -2.32. The fourth-order valence-corrected chi connectivity index (χ4v) is 2.47. The summed E-state index contributed by atoms with van der Waals surface area (Å²) in [6.07, 6.45) is -4.40. The summed E-state index contributed by atoms with van der Waals surface area (Å²) >= 11 is 0. The highest BCUT2D eigenvalue weighted by molar-refractivity contribution is 5.99. The van der Waals surface area contributed by atoms with Gasteiger partial charge in [-0.1, -0.05) is 6.92 Å². The Kier molecular flexibility index (Phi) is 4.23. The Labute approximate surface area is 129 Å². The second-order valence-electron chi connectivity index (χ2n) is 5.45. The van der Waals surface area contributed by atoms with Crippen LogP contribution in [0, 0.1) is 0 Å². The molecule has 1 aliphatic rings. The van der Waals surface area contributed by atoms with Gasteiger partial charge in [0.25, 0.3) is 11.5 Å². The predicted molar refractivity (Wildman–Crippen MR) is 74.8 cm³/mol. The topological polar surface area (TPSA) is 82.3 Å². The van der Waals surface area contributed by atoms with Crippen LogP contribution < -0.4 is 10.9 Å². The van der Waals surface area contributed by atoms with Crippen molar-refractivity contribution in [3.63, 3.8) is 0 Å². The quantitative estimate of drug-likeness (QED) is 0.852. The molecule has 2 heterocycles. The SMILES string of the molecule is CC[C@]1(C)C(=O)NCCN1C(=O)c1ccc(C(F)(F)F)[nH]c1=O. The Morgan fingerprint density at radius 3 is 2.52 bits per heavy atom. The number of piperazine rings is 1. The van der Waals surface area contributed by atoms with E-state index in [1.807, 2.05) is 0 Å². The largest absolute Gasteiger partial charge is 0.431 e. The number of pyridine rings is 1. The molecule has 1 aliphatic heterocycles. The number of aromatic nitrogens is 1. The van der Waals surface area contributed by atoms with Crippen molar-refractivity contribution >= 4 is 11.8 Å². The van der Waals surface area contributed by atoms with E-state index in [1.165, 1.54) is 4.90 Å². The molecular weight excluding hydrogens is 315 g/mol. The Morgan fingerprint density at radius 2 is 2.00 bits per heavy atom. The molecule has 0 unspecified atom stereocenters. The van der Waals surface area contributed by atoms with Crippen molar-refractivity contribution in [2.24, 2.45) is 0 Å². The van der Waals surface area contributed by atoms with Crippen LogP contribution in [0.25, 0.3) is 0 Å². The number of alkyl halides is 3. The molecule has 1 saturated heterocycles. The first-order valence-electron chi connectivity index (χ1n) is 7.02. The van der Waals surface area contributed by atoms with Crippen molar-refractivity contribution in [1.29, 1.82) is 0 Å². The van der Waals surface area contributed by atoms with Crippen molar-refractivity contribution in [3.05, 3.63) is 33.7 Å². The zero-order valence-electron chi connectivity index (χ0n) is 12.6. The van der Waals surface area contributed by atoms with Crippen molar-refractivity contribution in [1.82, 2.24) is 15.2 Å². The smallest absolute Gasteiger partial charge is 0.352 e. The highest BCUT2D eigenvalue weighted by Gasteiger charge is 2.44. The number of amides is 2. The highest BCUT2D eigenvalue weighted by Crippen LogP contribution is 2.27. The lowest BCUT2D eigenvalue weighted by Crippen LogP contribution is -2.65. The maximum absolute atomic E-state index is 12.6. The maximum atomic E-state index is 12.6. The molecule has 6 nitrogen and oxygen atoms in total. The number of nitrogens with one attached hydrogen (secondary N) is 2. The van der Waals surface area contributed by atoms with Crippen LogP contribution in [0.1, 0.15) is 36.3 Å². The number of nitrogens with zero attached hydrogens (tertiary/aromatic N) is 1. The molecule has 2 rings (SSSR count). The zero-order valence-corrected chi connectivity index (χ0v) is 12.6. The number of hydrogen-bond donors (Lipinski definition) is 2. The molecule has 1 atom stereocenters. The van der Waals surface area contributed by atoms with E-state index in [0.29, 0.717) is 12.5 Å². The third-order valence-electron chi connectivity index (χ3n) is 4.08. The summed E-state index contributed by atoms with van der Waals surface area (Å²) in [7, 11) is 0. The van der Waals surface area contributed by atoms with Crippen LogP contribution in [0.4, 0.5) is 13.2 Å². The van der Waals surface area contributed by atoms with E-state index in [9.17, 15) is 27.6 Å². The van der Waals surface area contributed by atoms with E-state index < -0.39 is 34.4 Å². The van der Waals surface area contributed by atoms with Crippen molar-refractivity contribution < 1.29 is 22.8 Å². The second-order valence-corrected chi connectivity index (χ2v) is 5.45. The van der Waals surface area contributed by atoms with Crippen LogP contribution in [-0.2, 0) is 11.0 Å². The fourth-order valence-electron chi connectivity index (χ4n) is 2.47. The molecule has 0 spiro atoms. The zero-order chi connectivity index (χ0) is 17.4. The van der Waals surface area contributed by atoms with E-state index in [2.05, 4.69) is 5.32 Å². The molecule has 1 fully saturated rings. The molecule has 0 radical (unpaired) electrons. The molecule has 1 aromatic heterocycles. The van der Waals surface area contributed by atoms with E-state index in [1.54, 1.807) is 18.8 Å². The summed E-state index contributed by atoms with van der Waals surface area (Å²) in [5.41, 5.74) is -3.93. The van der Waals surface area contributed by atoms with Crippen LogP contribution in [0.3, 0.4) is 0 Å². The normalized spacial score (nSPS) is 22.0. The van der Waals surface area contributed by atoms with Gasteiger partial charge in [0.15, 0.2) is 0 Å². The number of H-pyrrole nitrogens is 1. The molecule has 2 N–H and O–H groups in total. The van der Waals surface area contributed by atoms with Gasteiger partial charge in [0.1, 0.15) is 16.8 Å². The summed E-state index contributed by atoms with van der Waals surface area (Å²) in [5, 5.41) is 2.64. The Bertz CT molecular complexity index is 698. The van der Waals surface area contributed by atoms with Gasteiger partial charge >= 0.3 is 6.18 Å². The van der Waals surface area contributed by atoms with Crippen LogP contribution >= 0.6 is 0 Å². The van der Waals surface area contributed by atoms with E-state index in [-0.39, 0.29) is 19.0 Å². The maximum Gasteiger partial charge on any atom is 0.431 e. The number of carbonyl (C=O) groups excluding carboxylic acids is 2. The lowest BCUT2D eigenvalue weighted by Gasteiger charge is -2.43. The van der Waals surface area contributed by atoms with Crippen LogP contribution in [0.2, 0.25) is 0 Å². The van der Waals surface area contributed by atoms with E-state index in [0.717, 1.165) is 6.07 Å². The van der Waals surface area contributed by atoms with Gasteiger partial charge in [-0.05, 0) is 25.5 Å². The Balaban J connectivity index is 2.40. The lowest BCUT2D eigenvalue weighted by atomic mass is 9.92. The minimum atomic E-state index is -4.70. The molecule has 0 aromatic carbocycles. The molecule has 1 aromatic rings. The van der Waals surface area contributed by atoms with Gasteiger partial charge in [0.05, 0.1) is 0 Å². The van der Waals surface area contributed by atoms with Gasteiger partial charge in [-0.25, -0.2) is 0 Å². The van der Waals surface area contributed by atoms with Crippen molar-refractivity contribution in [3.8, 4) is 0 Å². The van der Waals surface area contributed by atoms with E-state index in [4.69, 9.17) is 0 Å². The fraction of sp³-hybridized carbons (Fsp3) is 0.500. The molecule has 0 saturated carbocycles. The first-order chi connectivity index (χ1) is 10.6. The number of carbonyl (C=O) groups is 2. The number of aromatic amines is 1. The summed E-state index contributed by atoms with van der Waals surface area (Å²) in [6, 6.07) is 1.48. The number of hydrogen-bond acceptors (Lipinski definition) is 3. The van der Waals surface area contributed by atoms with Gasteiger partial charge < -0.3 is 15.2 Å². The average molecular weight is 331 g/mol. The molecule has 2 amide bonds. The lowest BCUT2D eigenvalue weighted by molar-refractivity contribution is -0.141. The summed E-state index contributed by atoms with van der Waals surface area (Å²) in [6.45, 7) is 3.66. The average Bonchev–Trinajstić information content (AvgIpc) is 2.48. The van der Waals surface area contributed by atoms with Gasteiger partial charge in [0.2, 0.25) is 5.91 Å². The highest BCUT2D eigenvalue weighted by atomic mass is 19.4. The molecule has 9 heteroatoms. The minimum Gasteiger partial charge on any atom is -0.352 e. The Morgan fingerprint density at radius 1 is 1.35 bits per heavy atom. The van der Waals surface area contributed by atoms with Crippen LogP contribution in [-0.4, -0.2) is 40.3 Å². The molecular formula is C14H16F3N3O3. The monoisotopic (exact) mass is 331 g/mol. The number of rotatable bonds is 2. The van der Waals surface area contributed by atoms with Gasteiger partial charge in [0, 0.05) is 13.1 Å². The standard InChI is InChI=1S/C14H16F3N3O3/c1-3-13(2)12(23)18-6-7-20(13)11(22)8-4-5-9(14(15,16)17)19-10(8)21/h4-5H,3,6-7H2,1-2H3,(H,18,23)(H,19,21)/t13-/m1/s1. The summed E-state index contributed by atoms with van der Waals surface area (Å²) in [4.78, 5) is 39.3. The third-order valence-corrected chi connectivity index (χ3v) is 4.08. The van der Waals surface area contributed by atoms with Crippen LogP contribution in [0.5, 0.6) is 0 Å². The summed E-state index contributed by atoms with van der Waals surface area (Å²) in [5.74, 6) is -1.12. The third kappa shape index (κ3) is 2.95. The molecule has 23 heavy (non-hydrogen) atoms. The molecule has 0 aliphatic carbocycles. The minimum absolute atomic E-state index is 0.176. The van der Waals surface area contributed by atoms with Gasteiger partial charge in [-0.2, -0.15) is 13.2 Å². The van der Waals surface area contributed by atoms with Gasteiger partial charge in [-0.3, -0.25) is 14.4 Å². The van der Waals surface area contributed by atoms with E-state index >= 15 is 0 Å². The molecule has 126 valence electrons. The number of halogens is 3. The molecule has 0 bridgehead atoms. The predicted octanol–water partition coefficient (Wildman–Crippen LogP) is 1.13. The first-order valence-corrected chi connectivity index (χ1v) is 7.02. The van der Waals surface area contributed by atoms with Crippen LogP contribution in [0.15, 0.2) is 16.9 Å². The van der Waals surface area contributed by atoms with Crippen molar-refractivity contribution in [2.45, 2.75) is 32.0 Å².